The van der Waals surface area contributed by atoms with Crippen LogP contribution in [-0.4, -0.2) is 18.9 Å². The van der Waals surface area contributed by atoms with E-state index >= 15 is 0 Å². The number of aryl methyl sites for hydroxylation is 2. The van der Waals surface area contributed by atoms with Crippen LogP contribution in [-0.2, 0) is 22.4 Å². The van der Waals surface area contributed by atoms with E-state index in [9.17, 15) is 9.59 Å². The fourth-order valence-electron chi connectivity index (χ4n) is 1.71. The van der Waals surface area contributed by atoms with E-state index in [1.165, 1.54) is 7.11 Å². The maximum Gasteiger partial charge on any atom is 0.313 e. The van der Waals surface area contributed by atoms with Crippen molar-refractivity contribution < 1.29 is 14.3 Å². The lowest BCUT2D eigenvalue weighted by Gasteiger charge is -2.08. The van der Waals surface area contributed by atoms with Crippen molar-refractivity contribution in [3.63, 3.8) is 0 Å². The second kappa shape index (κ2) is 6.18. The average Bonchev–Trinajstić information content (AvgIpc) is 2.37. The van der Waals surface area contributed by atoms with E-state index in [1.807, 2.05) is 32.0 Å². The predicted molar refractivity (Wildman–Crippen MR) is 66.2 cm³/mol. The van der Waals surface area contributed by atoms with Crippen LogP contribution in [0.5, 0.6) is 0 Å². The predicted octanol–water partition coefficient (Wildman–Crippen LogP) is 2.56. The van der Waals surface area contributed by atoms with Crippen molar-refractivity contribution in [2.45, 2.75) is 33.1 Å². The number of esters is 1. The van der Waals surface area contributed by atoms with E-state index in [0.717, 1.165) is 24.0 Å². The molecule has 0 amide bonds. The number of hydrogen-bond donors (Lipinski definition) is 0. The van der Waals surface area contributed by atoms with Crippen LogP contribution in [0.15, 0.2) is 18.2 Å². The van der Waals surface area contributed by atoms with Gasteiger partial charge < -0.3 is 4.74 Å². The Morgan fingerprint density at radius 2 is 1.88 bits per heavy atom. The molecule has 0 bridgehead atoms. The van der Waals surface area contributed by atoms with Gasteiger partial charge in [-0.2, -0.15) is 0 Å². The average molecular weight is 234 g/mol. The van der Waals surface area contributed by atoms with Gasteiger partial charge in [-0.25, -0.2) is 0 Å². The number of hydrogen-bond acceptors (Lipinski definition) is 3. The van der Waals surface area contributed by atoms with Gasteiger partial charge in [0.15, 0.2) is 5.78 Å². The van der Waals surface area contributed by atoms with Crippen molar-refractivity contribution >= 4 is 11.8 Å². The fourth-order valence-corrected chi connectivity index (χ4v) is 1.71. The quantitative estimate of drug-likeness (QED) is 0.447. The summed E-state index contributed by atoms with van der Waals surface area (Å²) >= 11 is 0. The van der Waals surface area contributed by atoms with E-state index in [4.69, 9.17) is 0 Å². The highest BCUT2D eigenvalue weighted by Gasteiger charge is 2.15. The molecule has 0 aromatic heterocycles. The van der Waals surface area contributed by atoms with Gasteiger partial charge in [-0.05, 0) is 30.0 Å². The van der Waals surface area contributed by atoms with Crippen LogP contribution >= 0.6 is 0 Å². The molecule has 0 atom stereocenters. The molecule has 0 saturated carbocycles. The smallest absolute Gasteiger partial charge is 0.313 e. The van der Waals surface area contributed by atoms with Crippen molar-refractivity contribution in [3.05, 3.63) is 34.9 Å². The number of carbonyl (C=O) groups excluding carboxylic acids is 2. The van der Waals surface area contributed by atoms with Gasteiger partial charge in [-0.3, -0.25) is 9.59 Å². The summed E-state index contributed by atoms with van der Waals surface area (Å²) in [7, 11) is 1.29. The number of benzene rings is 1. The molecule has 1 aromatic rings. The highest BCUT2D eigenvalue weighted by molar-refractivity contribution is 6.06. The van der Waals surface area contributed by atoms with Crippen molar-refractivity contribution in [2.75, 3.05) is 7.11 Å². The molecule has 0 aliphatic carbocycles. The summed E-state index contributed by atoms with van der Waals surface area (Å²) in [6.45, 7) is 4.03. The van der Waals surface area contributed by atoms with E-state index in [2.05, 4.69) is 4.74 Å². The molecule has 92 valence electrons. The van der Waals surface area contributed by atoms with Crippen LogP contribution < -0.4 is 0 Å². The second-order valence-electron chi connectivity index (χ2n) is 3.87. The molecule has 17 heavy (non-hydrogen) atoms. The lowest BCUT2D eigenvalue weighted by Crippen LogP contribution is -2.11. The van der Waals surface area contributed by atoms with Crippen LogP contribution in [0.1, 0.15) is 41.8 Å². The van der Waals surface area contributed by atoms with Crippen LogP contribution in [0.3, 0.4) is 0 Å². The molecule has 1 aromatic carbocycles. The second-order valence-corrected chi connectivity index (χ2v) is 3.87. The van der Waals surface area contributed by atoms with Gasteiger partial charge in [0.25, 0.3) is 0 Å². The van der Waals surface area contributed by atoms with Gasteiger partial charge in [-0.15, -0.1) is 0 Å². The molecule has 0 aliphatic rings. The largest absolute Gasteiger partial charge is 0.469 e. The first-order valence-corrected chi connectivity index (χ1v) is 5.84. The first-order chi connectivity index (χ1) is 8.12. The zero-order valence-corrected chi connectivity index (χ0v) is 10.6. The third-order valence-corrected chi connectivity index (χ3v) is 2.80. The molecule has 1 rings (SSSR count). The van der Waals surface area contributed by atoms with E-state index in [1.54, 1.807) is 0 Å². The molecule has 0 spiro atoms. The number of carbonyl (C=O) groups is 2. The van der Waals surface area contributed by atoms with Crippen LogP contribution in [0.2, 0.25) is 0 Å². The molecule has 0 aliphatic heterocycles. The molecule has 0 fully saturated rings. The van der Waals surface area contributed by atoms with Gasteiger partial charge in [-0.1, -0.05) is 26.0 Å². The minimum absolute atomic E-state index is 0.163. The number of rotatable bonds is 5. The summed E-state index contributed by atoms with van der Waals surface area (Å²) in [5.74, 6) is -0.650. The Labute approximate surface area is 102 Å². The Morgan fingerprint density at radius 3 is 2.41 bits per heavy atom. The van der Waals surface area contributed by atoms with E-state index in [-0.39, 0.29) is 12.2 Å². The number of ketones is 1. The molecule has 3 heteroatoms. The lowest BCUT2D eigenvalue weighted by molar-refractivity contribution is -0.139. The van der Waals surface area contributed by atoms with Crippen molar-refractivity contribution in [3.8, 4) is 0 Å². The normalized spacial score (nSPS) is 10.1. The summed E-state index contributed by atoms with van der Waals surface area (Å²) in [6, 6.07) is 5.86. The summed E-state index contributed by atoms with van der Waals surface area (Å²) in [4.78, 5) is 23.1. The maximum atomic E-state index is 12.0. The summed E-state index contributed by atoms with van der Waals surface area (Å²) in [6.07, 6.45) is 1.48. The standard InChI is InChI=1S/C14H18O3/c1-4-10-6-7-11(5-2)12(8-10)13(15)9-14(16)17-3/h6-8H,4-5,9H2,1-3H3. The summed E-state index contributed by atoms with van der Waals surface area (Å²) in [5.41, 5.74) is 2.74. The monoisotopic (exact) mass is 234 g/mol. The molecule has 0 saturated heterocycles. The molecule has 0 unspecified atom stereocenters. The number of methoxy groups -OCH3 is 1. The Bertz CT molecular complexity index is 421. The van der Waals surface area contributed by atoms with E-state index in [0.29, 0.717) is 5.56 Å². The Kier molecular flexibility index (Phi) is 4.88. The van der Waals surface area contributed by atoms with Crippen LogP contribution in [0.4, 0.5) is 0 Å². The maximum absolute atomic E-state index is 12.0. The molecule has 0 heterocycles. The van der Waals surface area contributed by atoms with Gasteiger partial charge in [0.1, 0.15) is 6.42 Å². The number of ether oxygens (including phenoxy) is 1. The molecular formula is C14H18O3. The highest BCUT2D eigenvalue weighted by Crippen LogP contribution is 2.16. The minimum Gasteiger partial charge on any atom is -0.469 e. The third kappa shape index (κ3) is 3.41. The van der Waals surface area contributed by atoms with Gasteiger partial charge >= 0.3 is 5.97 Å². The van der Waals surface area contributed by atoms with Crippen molar-refractivity contribution in [1.29, 1.82) is 0 Å². The zero-order chi connectivity index (χ0) is 12.8. The molecule has 3 nitrogen and oxygen atoms in total. The van der Waals surface area contributed by atoms with Gasteiger partial charge in [0, 0.05) is 5.56 Å². The molecular weight excluding hydrogens is 216 g/mol. The minimum atomic E-state index is -0.487. The Hall–Kier alpha value is -1.64. The van der Waals surface area contributed by atoms with E-state index < -0.39 is 5.97 Å². The Balaban J connectivity index is 3.01. The lowest BCUT2D eigenvalue weighted by atomic mass is 9.96. The van der Waals surface area contributed by atoms with Gasteiger partial charge in [0.05, 0.1) is 7.11 Å². The first-order valence-electron chi connectivity index (χ1n) is 5.84. The summed E-state index contributed by atoms with van der Waals surface area (Å²) < 4.78 is 4.51. The molecule has 0 N–H and O–H groups in total. The Morgan fingerprint density at radius 1 is 1.18 bits per heavy atom. The zero-order valence-electron chi connectivity index (χ0n) is 10.6. The summed E-state index contributed by atoms with van der Waals surface area (Å²) in [5, 5.41) is 0. The van der Waals surface area contributed by atoms with Crippen LogP contribution in [0, 0.1) is 0 Å². The topological polar surface area (TPSA) is 43.4 Å². The highest BCUT2D eigenvalue weighted by atomic mass is 16.5. The third-order valence-electron chi connectivity index (χ3n) is 2.80. The fraction of sp³-hybridized carbons (Fsp3) is 0.429. The number of Topliss-reactive ketones (excluding diaryl/α,β-unsaturated/α-hetero) is 1. The van der Waals surface area contributed by atoms with Crippen molar-refractivity contribution in [1.82, 2.24) is 0 Å². The van der Waals surface area contributed by atoms with Crippen LogP contribution in [0.25, 0.3) is 0 Å². The van der Waals surface area contributed by atoms with Gasteiger partial charge in [0.2, 0.25) is 0 Å². The van der Waals surface area contributed by atoms with Crippen molar-refractivity contribution in [2.24, 2.45) is 0 Å². The first kappa shape index (κ1) is 13.4. The molecule has 0 radical (unpaired) electrons. The SMILES string of the molecule is CCc1ccc(CC)c(C(=O)CC(=O)OC)c1.